The molecule has 2 aromatic carbocycles. The average molecular weight is 335 g/mol. The number of para-hydroxylation sites is 1. The molecule has 0 spiro atoms. The third kappa shape index (κ3) is 3.46. The van der Waals surface area contributed by atoms with Crippen LogP contribution in [0.25, 0.3) is 0 Å². The van der Waals surface area contributed by atoms with Crippen molar-refractivity contribution in [1.29, 1.82) is 0 Å². The third-order valence-corrected chi connectivity index (χ3v) is 3.44. The fourth-order valence-electron chi connectivity index (χ4n) is 2.05. The third-order valence-electron chi connectivity index (χ3n) is 3.12. The molecule has 2 aromatic rings. The summed E-state index contributed by atoms with van der Waals surface area (Å²) >= 11 is 5.82. The summed E-state index contributed by atoms with van der Waals surface area (Å²) in [6.45, 7) is 1.54. The number of aromatic carboxylic acids is 1. The van der Waals surface area contributed by atoms with Gasteiger partial charge in [0.05, 0.1) is 15.5 Å². The Bertz CT molecular complexity index is 820. The maximum absolute atomic E-state index is 12.2. The number of carboxylic acids is 1. The molecule has 0 radical (unpaired) electrons. The minimum Gasteiger partial charge on any atom is -0.478 e. The molecule has 0 aliphatic rings. The number of nitrogens with zero attached hydrogens (tertiary/aromatic N) is 1. The molecule has 0 unspecified atom stereocenters. The number of rotatable bonds is 4. The SMILES string of the molecule is Cc1cccc(C(=O)Nc2ccc(C(=O)O)c(Cl)c2)c1[N+](=O)[O-]. The van der Waals surface area contributed by atoms with E-state index >= 15 is 0 Å². The lowest BCUT2D eigenvalue weighted by molar-refractivity contribution is -0.385. The van der Waals surface area contributed by atoms with Gasteiger partial charge < -0.3 is 10.4 Å². The summed E-state index contributed by atoms with van der Waals surface area (Å²) in [5.74, 6) is -1.87. The molecule has 118 valence electrons. The van der Waals surface area contributed by atoms with Crippen LogP contribution in [0.3, 0.4) is 0 Å². The Labute approximate surface area is 135 Å². The summed E-state index contributed by atoms with van der Waals surface area (Å²) in [5.41, 5.74) is 0.126. The predicted octanol–water partition coefficient (Wildman–Crippen LogP) is 3.51. The molecule has 0 saturated heterocycles. The Morgan fingerprint density at radius 3 is 2.48 bits per heavy atom. The smallest absolute Gasteiger partial charge is 0.337 e. The van der Waals surface area contributed by atoms with Crippen LogP contribution in [-0.2, 0) is 0 Å². The normalized spacial score (nSPS) is 10.2. The average Bonchev–Trinajstić information content (AvgIpc) is 2.46. The van der Waals surface area contributed by atoms with Gasteiger partial charge in [0.25, 0.3) is 11.6 Å². The Morgan fingerprint density at radius 2 is 1.91 bits per heavy atom. The number of carbonyl (C=O) groups excluding carboxylic acids is 1. The van der Waals surface area contributed by atoms with E-state index in [1.54, 1.807) is 0 Å². The summed E-state index contributed by atoms with van der Waals surface area (Å²) in [7, 11) is 0. The van der Waals surface area contributed by atoms with Crippen LogP contribution >= 0.6 is 11.6 Å². The van der Waals surface area contributed by atoms with Crippen molar-refractivity contribution in [2.75, 3.05) is 5.32 Å². The molecule has 0 heterocycles. The minimum absolute atomic E-state index is 0.0472. The second kappa shape index (κ2) is 6.45. The number of anilines is 1. The first-order valence-electron chi connectivity index (χ1n) is 6.39. The van der Waals surface area contributed by atoms with Crippen molar-refractivity contribution in [3.05, 3.63) is 68.2 Å². The molecule has 2 rings (SSSR count). The van der Waals surface area contributed by atoms with Gasteiger partial charge in [-0.3, -0.25) is 14.9 Å². The molecular formula is C15H11ClN2O5. The van der Waals surface area contributed by atoms with Crippen molar-refractivity contribution in [1.82, 2.24) is 0 Å². The highest BCUT2D eigenvalue weighted by Crippen LogP contribution is 2.25. The van der Waals surface area contributed by atoms with Crippen LogP contribution in [0.1, 0.15) is 26.3 Å². The summed E-state index contributed by atoms with van der Waals surface area (Å²) in [4.78, 5) is 33.6. The molecule has 0 fully saturated rings. The van der Waals surface area contributed by atoms with E-state index < -0.39 is 16.8 Å². The molecule has 1 amide bonds. The number of nitro benzene ring substituents is 1. The number of nitro groups is 1. The van der Waals surface area contributed by atoms with Gasteiger partial charge in [0, 0.05) is 11.3 Å². The van der Waals surface area contributed by atoms with E-state index in [1.807, 2.05) is 0 Å². The van der Waals surface area contributed by atoms with E-state index in [1.165, 1.54) is 43.3 Å². The van der Waals surface area contributed by atoms with Crippen LogP contribution in [0.2, 0.25) is 5.02 Å². The van der Waals surface area contributed by atoms with E-state index in [4.69, 9.17) is 16.7 Å². The molecule has 8 heteroatoms. The zero-order valence-corrected chi connectivity index (χ0v) is 12.6. The molecule has 0 bridgehead atoms. The molecule has 0 atom stereocenters. The molecule has 0 aliphatic heterocycles. The van der Waals surface area contributed by atoms with Crippen LogP contribution < -0.4 is 5.32 Å². The van der Waals surface area contributed by atoms with E-state index in [0.717, 1.165) is 0 Å². The number of nitrogens with one attached hydrogen (secondary N) is 1. The zero-order valence-electron chi connectivity index (χ0n) is 11.9. The number of hydrogen-bond acceptors (Lipinski definition) is 4. The molecule has 23 heavy (non-hydrogen) atoms. The number of carbonyl (C=O) groups is 2. The predicted molar refractivity (Wildman–Crippen MR) is 84.2 cm³/mol. The summed E-state index contributed by atoms with van der Waals surface area (Å²) in [6, 6.07) is 8.28. The van der Waals surface area contributed by atoms with E-state index in [-0.39, 0.29) is 27.5 Å². The number of hydrogen-bond donors (Lipinski definition) is 2. The second-order valence-corrected chi connectivity index (χ2v) is 5.09. The minimum atomic E-state index is -1.19. The van der Waals surface area contributed by atoms with Crippen LogP contribution in [0.15, 0.2) is 36.4 Å². The molecule has 0 aliphatic carbocycles. The molecule has 0 aromatic heterocycles. The topological polar surface area (TPSA) is 110 Å². The Morgan fingerprint density at radius 1 is 1.22 bits per heavy atom. The van der Waals surface area contributed by atoms with Gasteiger partial charge >= 0.3 is 5.97 Å². The first kappa shape index (κ1) is 16.4. The number of benzene rings is 2. The van der Waals surface area contributed by atoms with Crippen molar-refractivity contribution in [2.24, 2.45) is 0 Å². The van der Waals surface area contributed by atoms with Gasteiger partial charge in [0.1, 0.15) is 5.56 Å². The fraction of sp³-hybridized carbons (Fsp3) is 0.0667. The van der Waals surface area contributed by atoms with E-state index in [2.05, 4.69) is 5.32 Å². The zero-order chi connectivity index (χ0) is 17.1. The molecule has 0 saturated carbocycles. The van der Waals surface area contributed by atoms with Gasteiger partial charge in [-0.2, -0.15) is 0 Å². The van der Waals surface area contributed by atoms with Crippen molar-refractivity contribution in [3.8, 4) is 0 Å². The quantitative estimate of drug-likeness (QED) is 0.656. The van der Waals surface area contributed by atoms with Crippen molar-refractivity contribution in [3.63, 3.8) is 0 Å². The number of carboxylic acid groups (broad SMARTS) is 1. The van der Waals surface area contributed by atoms with Gasteiger partial charge in [-0.05, 0) is 31.2 Å². The molecular weight excluding hydrogens is 324 g/mol. The lowest BCUT2D eigenvalue weighted by Gasteiger charge is -2.08. The lowest BCUT2D eigenvalue weighted by Crippen LogP contribution is -2.14. The van der Waals surface area contributed by atoms with Crippen LogP contribution in [0.4, 0.5) is 11.4 Å². The van der Waals surface area contributed by atoms with E-state index in [0.29, 0.717) is 5.56 Å². The monoisotopic (exact) mass is 334 g/mol. The van der Waals surface area contributed by atoms with E-state index in [9.17, 15) is 19.7 Å². The Balaban J connectivity index is 2.34. The maximum Gasteiger partial charge on any atom is 0.337 e. The second-order valence-electron chi connectivity index (χ2n) is 4.68. The van der Waals surface area contributed by atoms with Crippen molar-refractivity contribution >= 4 is 34.9 Å². The standard InChI is InChI=1S/C15H11ClN2O5/c1-8-3-2-4-11(13(8)18(22)23)14(19)17-9-5-6-10(15(20)21)12(16)7-9/h2-7H,1H3,(H,17,19)(H,20,21). The highest BCUT2D eigenvalue weighted by Gasteiger charge is 2.22. The number of aryl methyl sites for hydroxylation is 1. The highest BCUT2D eigenvalue weighted by molar-refractivity contribution is 6.33. The largest absolute Gasteiger partial charge is 0.478 e. The van der Waals surface area contributed by atoms with Gasteiger partial charge in [0.2, 0.25) is 0 Å². The van der Waals surface area contributed by atoms with Gasteiger partial charge in [-0.15, -0.1) is 0 Å². The lowest BCUT2D eigenvalue weighted by atomic mass is 10.1. The molecule has 2 N–H and O–H groups in total. The maximum atomic E-state index is 12.2. The first-order chi connectivity index (χ1) is 10.8. The Hall–Kier alpha value is -2.93. The Kier molecular flexibility index (Phi) is 4.61. The molecule has 7 nitrogen and oxygen atoms in total. The summed E-state index contributed by atoms with van der Waals surface area (Å²) in [6.07, 6.45) is 0. The highest BCUT2D eigenvalue weighted by atomic mass is 35.5. The van der Waals surface area contributed by atoms with Crippen LogP contribution in [0.5, 0.6) is 0 Å². The number of amides is 1. The van der Waals surface area contributed by atoms with Crippen molar-refractivity contribution < 1.29 is 19.6 Å². The summed E-state index contributed by atoms with van der Waals surface area (Å²) < 4.78 is 0. The van der Waals surface area contributed by atoms with Crippen LogP contribution in [-0.4, -0.2) is 21.9 Å². The van der Waals surface area contributed by atoms with Gasteiger partial charge in [-0.1, -0.05) is 23.7 Å². The van der Waals surface area contributed by atoms with Crippen LogP contribution in [0, 0.1) is 17.0 Å². The summed E-state index contributed by atoms with van der Waals surface area (Å²) in [5, 5.41) is 22.4. The van der Waals surface area contributed by atoms with Gasteiger partial charge in [-0.25, -0.2) is 4.79 Å². The fourth-order valence-corrected chi connectivity index (χ4v) is 2.31. The van der Waals surface area contributed by atoms with Gasteiger partial charge in [0.15, 0.2) is 0 Å². The number of halogens is 1. The first-order valence-corrected chi connectivity index (χ1v) is 6.77. The van der Waals surface area contributed by atoms with Crippen molar-refractivity contribution in [2.45, 2.75) is 6.92 Å².